The number of aromatic nitrogens is 2. The largest absolute Gasteiger partial charge is 0.332 e. The maximum atomic E-state index is 5.94. The molecule has 0 aromatic carbocycles. The van der Waals surface area contributed by atoms with Crippen molar-refractivity contribution in [2.45, 2.75) is 45.7 Å². The summed E-state index contributed by atoms with van der Waals surface area (Å²) in [5.41, 5.74) is 8.56. The van der Waals surface area contributed by atoms with Gasteiger partial charge in [-0.15, -0.1) is 0 Å². The molecule has 0 bridgehead atoms. The molecule has 2 rings (SSSR count). The lowest BCUT2D eigenvalue weighted by Gasteiger charge is -2.21. The van der Waals surface area contributed by atoms with Crippen LogP contribution >= 0.6 is 0 Å². The molecule has 0 fully saturated rings. The minimum atomic E-state index is 0.342. The van der Waals surface area contributed by atoms with Crippen molar-refractivity contribution in [2.75, 3.05) is 0 Å². The number of nitrogens with two attached hydrogens (primary N) is 1. The first-order valence-corrected chi connectivity index (χ1v) is 5.02. The second kappa shape index (κ2) is 3.14. The van der Waals surface area contributed by atoms with Crippen LogP contribution in [0, 0.1) is 6.92 Å². The molecule has 1 aliphatic rings. The standard InChI is InChI=1S/C10H17N3/c1-3-9-10-6-8(11)4-5-13(10)7(2)12-9/h8H,3-6,11H2,1-2H3. The van der Waals surface area contributed by atoms with Crippen LogP contribution in [0.15, 0.2) is 0 Å². The third-order valence-electron chi connectivity index (χ3n) is 2.86. The highest BCUT2D eigenvalue weighted by Gasteiger charge is 2.20. The van der Waals surface area contributed by atoms with E-state index in [1.807, 2.05) is 0 Å². The van der Waals surface area contributed by atoms with E-state index in [0.29, 0.717) is 6.04 Å². The Kier molecular flexibility index (Phi) is 2.12. The molecule has 2 N–H and O–H groups in total. The van der Waals surface area contributed by atoms with Crippen molar-refractivity contribution in [1.82, 2.24) is 9.55 Å². The van der Waals surface area contributed by atoms with Crippen LogP contribution in [0.25, 0.3) is 0 Å². The van der Waals surface area contributed by atoms with Crippen molar-refractivity contribution < 1.29 is 0 Å². The predicted molar refractivity (Wildman–Crippen MR) is 52.6 cm³/mol. The highest BCUT2D eigenvalue weighted by molar-refractivity contribution is 5.20. The van der Waals surface area contributed by atoms with Gasteiger partial charge in [0.05, 0.1) is 5.69 Å². The fraction of sp³-hybridized carbons (Fsp3) is 0.700. The molecule has 72 valence electrons. The van der Waals surface area contributed by atoms with Gasteiger partial charge in [-0.3, -0.25) is 0 Å². The van der Waals surface area contributed by atoms with Crippen LogP contribution in [-0.2, 0) is 19.4 Å². The molecule has 1 atom stereocenters. The van der Waals surface area contributed by atoms with E-state index >= 15 is 0 Å². The maximum Gasteiger partial charge on any atom is 0.106 e. The third kappa shape index (κ3) is 1.37. The van der Waals surface area contributed by atoms with E-state index in [1.54, 1.807) is 0 Å². The molecular formula is C10H17N3. The zero-order valence-corrected chi connectivity index (χ0v) is 8.38. The molecule has 0 spiro atoms. The molecule has 0 saturated carbocycles. The second-order valence-corrected chi connectivity index (χ2v) is 3.81. The monoisotopic (exact) mass is 179 g/mol. The highest BCUT2D eigenvalue weighted by Crippen LogP contribution is 2.20. The van der Waals surface area contributed by atoms with Gasteiger partial charge in [-0.05, 0) is 19.8 Å². The minimum Gasteiger partial charge on any atom is -0.332 e. The minimum absolute atomic E-state index is 0.342. The predicted octanol–water partition coefficient (Wildman–Crippen LogP) is 1.03. The first kappa shape index (κ1) is 8.75. The summed E-state index contributed by atoms with van der Waals surface area (Å²) in [6, 6.07) is 0.342. The lowest BCUT2D eigenvalue weighted by Crippen LogP contribution is -2.31. The zero-order chi connectivity index (χ0) is 9.42. The van der Waals surface area contributed by atoms with E-state index in [9.17, 15) is 0 Å². The van der Waals surface area contributed by atoms with E-state index in [-0.39, 0.29) is 0 Å². The first-order valence-electron chi connectivity index (χ1n) is 5.02. The molecule has 3 nitrogen and oxygen atoms in total. The second-order valence-electron chi connectivity index (χ2n) is 3.81. The maximum absolute atomic E-state index is 5.94. The van der Waals surface area contributed by atoms with Gasteiger partial charge in [0.1, 0.15) is 5.82 Å². The van der Waals surface area contributed by atoms with Crippen molar-refractivity contribution in [3.05, 3.63) is 17.2 Å². The van der Waals surface area contributed by atoms with Crippen LogP contribution in [-0.4, -0.2) is 15.6 Å². The first-order chi connectivity index (χ1) is 6.22. The van der Waals surface area contributed by atoms with Crippen LogP contribution < -0.4 is 5.73 Å². The number of hydrogen-bond donors (Lipinski definition) is 1. The highest BCUT2D eigenvalue weighted by atomic mass is 15.1. The molecule has 0 aliphatic carbocycles. The van der Waals surface area contributed by atoms with Crippen LogP contribution in [0.1, 0.15) is 30.6 Å². The van der Waals surface area contributed by atoms with E-state index in [1.165, 1.54) is 11.4 Å². The molecule has 0 amide bonds. The summed E-state index contributed by atoms with van der Waals surface area (Å²) in [5, 5.41) is 0. The molecular weight excluding hydrogens is 162 g/mol. The van der Waals surface area contributed by atoms with E-state index in [4.69, 9.17) is 5.73 Å². The van der Waals surface area contributed by atoms with Crippen molar-refractivity contribution in [1.29, 1.82) is 0 Å². The Bertz CT molecular complexity index is 314. The number of fused-ring (bicyclic) bond motifs is 1. The Hall–Kier alpha value is -0.830. The molecule has 0 radical (unpaired) electrons. The fourth-order valence-corrected chi connectivity index (χ4v) is 2.12. The molecule has 1 aromatic rings. The molecule has 1 aromatic heterocycles. The summed E-state index contributed by atoms with van der Waals surface area (Å²) in [7, 11) is 0. The number of hydrogen-bond acceptors (Lipinski definition) is 2. The number of aryl methyl sites for hydroxylation is 2. The number of rotatable bonds is 1. The summed E-state index contributed by atoms with van der Waals surface area (Å²) in [6.07, 6.45) is 3.12. The van der Waals surface area contributed by atoms with Gasteiger partial charge in [0, 0.05) is 24.7 Å². The topological polar surface area (TPSA) is 43.8 Å². The van der Waals surface area contributed by atoms with Crippen LogP contribution in [0.4, 0.5) is 0 Å². The van der Waals surface area contributed by atoms with Gasteiger partial charge in [-0.25, -0.2) is 4.98 Å². The van der Waals surface area contributed by atoms with Gasteiger partial charge in [0.15, 0.2) is 0 Å². The van der Waals surface area contributed by atoms with Crippen LogP contribution in [0.3, 0.4) is 0 Å². The van der Waals surface area contributed by atoms with Gasteiger partial charge in [0.2, 0.25) is 0 Å². The molecule has 2 heterocycles. The van der Waals surface area contributed by atoms with E-state index in [2.05, 4.69) is 23.4 Å². The molecule has 3 heteroatoms. The van der Waals surface area contributed by atoms with Gasteiger partial charge in [-0.2, -0.15) is 0 Å². The Morgan fingerprint density at radius 3 is 3.08 bits per heavy atom. The Morgan fingerprint density at radius 1 is 1.62 bits per heavy atom. The van der Waals surface area contributed by atoms with Crippen molar-refractivity contribution in [3.63, 3.8) is 0 Å². The van der Waals surface area contributed by atoms with Crippen molar-refractivity contribution >= 4 is 0 Å². The summed E-state index contributed by atoms with van der Waals surface area (Å²) in [6.45, 7) is 5.29. The molecule has 13 heavy (non-hydrogen) atoms. The number of imidazole rings is 1. The molecule has 1 unspecified atom stereocenters. The van der Waals surface area contributed by atoms with Gasteiger partial charge in [-0.1, -0.05) is 6.92 Å². The van der Waals surface area contributed by atoms with Crippen LogP contribution in [0.2, 0.25) is 0 Å². The fourth-order valence-electron chi connectivity index (χ4n) is 2.12. The quantitative estimate of drug-likeness (QED) is 0.699. The average molecular weight is 179 g/mol. The van der Waals surface area contributed by atoms with Crippen molar-refractivity contribution in [2.24, 2.45) is 5.73 Å². The molecule has 0 saturated heterocycles. The summed E-state index contributed by atoms with van der Waals surface area (Å²) < 4.78 is 2.32. The summed E-state index contributed by atoms with van der Waals surface area (Å²) in [4.78, 5) is 4.55. The Labute approximate surface area is 79.0 Å². The van der Waals surface area contributed by atoms with Gasteiger partial charge >= 0.3 is 0 Å². The van der Waals surface area contributed by atoms with E-state index in [0.717, 1.165) is 31.6 Å². The Balaban J connectivity index is 2.43. The van der Waals surface area contributed by atoms with Crippen molar-refractivity contribution in [3.8, 4) is 0 Å². The normalized spacial score (nSPS) is 21.6. The zero-order valence-electron chi connectivity index (χ0n) is 8.38. The van der Waals surface area contributed by atoms with Crippen LogP contribution in [0.5, 0.6) is 0 Å². The number of nitrogens with zero attached hydrogens (tertiary/aromatic N) is 2. The SMILES string of the molecule is CCc1nc(C)n2c1CC(N)CC2. The lowest BCUT2D eigenvalue weighted by molar-refractivity contribution is 0.463. The van der Waals surface area contributed by atoms with E-state index < -0.39 is 0 Å². The summed E-state index contributed by atoms with van der Waals surface area (Å²) in [5.74, 6) is 1.15. The lowest BCUT2D eigenvalue weighted by atomic mass is 10.0. The Morgan fingerprint density at radius 2 is 2.38 bits per heavy atom. The smallest absolute Gasteiger partial charge is 0.106 e. The summed E-state index contributed by atoms with van der Waals surface area (Å²) >= 11 is 0. The van der Waals surface area contributed by atoms with Gasteiger partial charge < -0.3 is 10.3 Å². The molecule has 1 aliphatic heterocycles. The third-order valence-corrected chi connectivity index (χ3v) is 2.86. The van der Waals surface area contributed by atoms with Gasteiger partial charge in [0.25, 0.3) is 0 Å². The average Bonchev–Trinajstić information content (AvgIpc) is 2.42.